The molecule has 4 nitrogen and oxygen atoms in total. The number of rotatable bonds is 6. The first kappa shape index (κ1) is 17.3. The normalized spacial score (nSPS) is 11.5. The number of phenolic OH excluding ortho intramolecular Hbond substituents is 1. The Morgan fingerprint density at radius 3 is 2.52 bits per heavy atom. The van der Waals surface area contributed by atoms with Crippen LogP contribution in [-0.2, 0) is 4.79 Å². The monoisotopic (exact) mass is 351 g/mol. The first-order chi connectivity index (χ1) is 11.0. The molecule has 0 aromatic heterocycles. The Labute approximate surface area is 144 Å². The molecule has 0 saturated heterocycles. The number of aliphatic imine (C=N–C) groups is 1. The van der Waals surface area contributed by atoms with E-state index in [9.17, 15) is 9.90 Å². The number of carboxylic acid groups (broad SMARTS) is 1. The van der Waals surface area contributed by atoms with Crippen molar-refractivity contribution in [1.82, 2.24) is 0 Å². The Kier molecular flexibility index (Phi) is 6.02. The standard InChI is InChI=1S/C17H15Cl2NO3/c18-11-7-8-15(21)13(10-11)17(20-9-3-6-16(22)23)12-4-1-2-5-14(12)19/h1-2,4-5,7-8,10,21H,3,6,9H2,(H,22,23). The van der Waals surface area contributed by atoms with E-state index in [0.717, 1.165) is 0 Å². The predicted molar refractivity (Wildman–Crippen MR) is 91.9 cm³/mol. The van der Waals surface area contributed by atoms with Crippen LogP contribution in [0.1, 0.15) is 24.0 Å². The third-order valence-electron chi connectivity index (χ3n) is 3.16. The van der Waals surface area contributed by atoms with Crippen molar-refractivity contribution in [2.24, 2.45) is 4.99 Å². The number of hydrogen-bond acceptors (Lipinski definition) is 3. The molecule has 0 atom stereocenters. The average Bonchev–Trinajstić information content (AvgIpc) is 2.51. The van der Waals surface area contributed by atoms with Gasteiger partial charge in [-0.15, -0.1) is 0 Å². The summed E-state index contributed by atoms with van der Waals surface area (Å²) in [5, 5.41) is 19.8. The fraction of sp³-hybridized carbons (Fsp3) is 0.176. The highest BCUT2D eigenvalue weighted by molar-refractivity contribution is 6.36. The predicted octanol–water partition coefficient (Wildman–Crippen LogP) is 4.40. The summed E-state index contributed by atoms with van der Waals surface area (Å²) in [6.45, 7) is 0.304. The maximum Gasteiger partial charge on any atom is 0.303 e. The first-order valence-electron chi connectivity index (χ1n) is 6.99. The molecule has 6 heteroatoms. The third kappa shape index (κ3) is 4.71. The van der Waals surface area contributed by atoms with Crippen LogP contribution >= 0.6 is 23.2 Å². The molecule has 0 aliphatic rings. The van der Waals surface area contributed by atoms with E-state index in [-0.39, 0.29) is 12.2 Å². The van der Waals surface area contributed by atoms with Crippen molar-refractivity contribution in [1.29, 1.82) is 0 Å². The van der Waals surface area contributed by atoms with Crippen molar-refractivity contribution in [2.75, 3.05) is 6.54 Å². The Bertz CT molecular complexity index is 744. The molecule has 0 fully saturated rings. The zero-order valence-corrected chi connectivity index (χ0v) is 13.7. The van der Waals surface area contributed by atoms with E-state index in [1.54, 1.807) is 30.3 Å². The van der Waals surface area contributed by atoms with Gasteiger partial charge in [0.2, 0.25) is 0 Å². The lowest BCUT2D eigenvalue weighted by atomic mass is 10.0. The van der Waals surface area contributed by atoms with Crippen molar-refractivity contribution in [3.8, 4) is 5.75 Å². The summed E-state index contributed by atoms with van der Waals surface area (Å²) in [5.74, 6) is -0.837. The zero-order chi connectivity index (χ0) is 16.8. The topological polar surface area (TPSA) is 69.9 Å². The number of hydrogen-bond donors (Lipinski definition) is 2. The number of benzene rings is 2. The van der Waals surface area contributed by atoms with Gasteiger partial charge < -0.3 is 10.2 Å². The summed E-state index contributed by atoms with van der Waals surface area (Å²) < 4.78 is 0. The summed E-state index contributed by atoms with van der Waals surface area (Å²) in [6.07, 6.45) is 0.422. The first-order valence-corrected chi connectivity index (χ1v) is 7.74. The molecular weight excluding hydrogens is 337 g/mol. The fourth-order valence-electron chi connectivity index (χ4n) is 2.09. The minimum atomic E-state index is -0.870. The van der Waals surface area contributed by atoms with Gasteiger partial charge in [-0.05, 0) is 30.7 Å². The molecule has 0 heterocycles. The van der Waals surface area contributed by atoms with Crippen LogP contribution in [-0.4, -0.2) is 28.4 Å². The van der Waals surface area contributed by atoms with Gasteiger partial charge in [0.25, 0.3) is 0 Å². The fourth-order valence-corrected chi connectivity index (χ4v) is 2.49. The van der Waals surface area contributed by atoms with Crippen LogP contribution in [0.2, 0.25) is 10.0 Å². The number of carboxylic acids is 1. The van der Waals surface area contributed by atoms with Crippen LogP contribution in [0.15, 0.2) is 47.5 Å². The minimum Gasteiger partial charge on any atom is -0.507 e. The SMILES string of the molecule is O=C(O)CCCN=C(c1cc(Cl)ccc1O)c1ccccc1Cl. The van der Waals surface area contributed by atoms with E-state index < -0.39 is 5.97 Å². The summed E-state index contributed by atoms with van der Waals surface area (Å²) in [7, 11) is 0. The largest absolute Gasteiger partial charge is 0.507 e. The molecule has 120 valence electrons. The second-order valence-electron chi connectivity index (χ2n) is 4.87. The van der Waals surface area contributed by atoms with E-state index in [1.165, 1.54) is 6.07 Å². The molecular formula is C17H15Cl2NO3. The molecule has 0 aliphatic carbocycles. The molecule has 0 saturated carbocycles. The van der Waals surface area contributed by atoms with Gasteiger partial charge in [-0.25, -0.2) is 0 Å². The Hall–Kier alpha value is -2.04. The smallest absolute Gasteiger partial charge is 0.303 e. The van der Waals surface area contributed by atoms with Gasteiger partial charge in [-0.1, -0.05) is 41.4 Å². The van der Waals surface area contributed by atoms with Crippen LogP contribution in [0.3, 0.4) is 0 Å². The van der Waals surface area contributed by atoms with Gasteiger partial charge in [0, 0.05) is 34.1 Å². The van der Waals surface area contributed by atoms with Crippen LogP contribution in [0.4, 0.5) is 0 Å². The van der Waals surface area contributed by atoms with Gasteiger partial charge in [0.1, 0.15) is 5.75 Å². The summed E-state index contributed by atoms with van der Waals surface area (Å²) in [5.41, 5.74) is 1.60. The third-order valence-corrected chi connectivity index (χ3v) is 3.73. The van der Waals surface area contributed by atoms with Crippen LogP contribution in [0, 0.1) is 0 Å². The summed E-state index contributed by atoms with van der Waals surface area (Å²) in [4.78, 5) is 15.1. The number of phenols is 1. The van der Waals surface area contributed by atoms with Crippen LogP contribution in [0.25, 0.3) is 0 Å². The average molecular weight is 352 g/mol. The molecule has 23 heavy (non-hydrogen) atoms. The number of halogens is 2. The molecule has 0 amide bonds. The molecule has 2 N–H and O–H groups in total. The van der Waals surface area contributed by atoms with E-state index in [0.29, 0.717) is 39.8 Å². The van der Waals surface area contributed by atoms with Gasteiger partial charge >= 0.3 is 5.97 Å². The summed E-state index contributed by atoms with van der Waals surface area (Å²) in [6, 6.07) is 11.8. The van der Waals surface area contributed by atoms with Gasteiger partial charge in [0.05, 0.1) is 5.71 Å². The van der Waals surface area contributed by atoms with Crippen molar-refractivity contribution >= 4 is 34.9 Å². The molecule has 0 bridgehead atoms. The van der Waals surface area contributed by atoms with Crippen molar-refractivity contribution in [3.63, 3.8) is 0 Å². The molecule has 2 aromatic carbocycles. The van der Waals surface area contributed by atoms with Crippen molar-refractivity contribution in [3.05, 3.63) is 63.6 Å². The number of aromatic hydroxyl groups is 1. The van der Waals surface area contributed by atoms with Crippen molar-refractivity contribution < 1.29 is 15.0 Å². The van der Waals surface area contributed by atoms with Crippen LogP contribution < -0.4 is 0 Å². The number of nitrogens with zero attached hydrogens (tertiary/aromatic N) is 1. The van der Waals surface area contributed by atoms with Gasteiger partial charge in [-0.2, -0.15) is 0 Å². The highest BCUT2D eigenvalue weighted by atomic mass is 35.5. The lowest BCUT2D eigenvalue weighted by molar-refractivity contribution is -0.137. The van der Waals surface area contributed by atoms with E-state index in [4.69, 9.17) is 28.3 Å². The maximum atomic E-state index is 10.6. The second-order valence-corrected chi connectivity index (χ2v) is 5.71. The number of aliphatic carboxylic acids is 1. The van der Waals surface area contributed by atoms with Crippen molar-refractivity contribution in [2.45, 2.75) is 12.8 Å². The highest BCUT2D eigenvalue weighted by Crippen LogP contribution is 2.27. The second kappa shape index (κ2) is 7.99. The quantitative estimate of drug-likeness (QED) is 0.598. The molecule has 0 aliphatic heterocycles. The van der Waals surface area contributed by atoms with Gasteiger partial charge in [-0.3, -0.25) is 9.79 Å². The maximum absolute atomic E-state index is 10.6. The molecule has 0 unspecified atom stereocenters. The molecule has 2 rings (SSSR count). The van der Waals surface area contributed by atoms with Gasteiger partial charge in [0.15, 0.2) is 0 Å². The lowest BCUT2D eigenvalue weighted by Gasteiger charge is -2.11. The lowest BCUT2D eigenvalue weighted by Crippen LogP contribution is -2.07. The zero-order valence-electron chi connectivity index (χ0n) is 12.2. The Morgan fingerprint density at radius 1 is 1.09 bits per heavy atom. The van der Waals surface area contributed by atoms with E-state index >= 15 is 0 Å². The highest BCUT2D eigenvalue weighted by Gasteiger charge is 2.15. The summed E-state index contributed by atoms with van der Waals surface area (Å²) >= 11 is 12.2. The van der Waals surface area contributed by atoms with E-state index in [1.807, 2.05) is 6.07 Å². The Balaban J connectivity index is 2.43. The number of carbonyl (C=O) groups is 1. The van der Waals surface area contributed by atoms with Crippen LogP contribution in [0.5, 0.6) is 5.75 Å². The van der Waals surface area contributed by atoms with E-state index in [2.05, 4.69) is 4.99 Å². The minimum absolute atomic E-state index is 0.0286. The molecule has 2 aromatic rings. The Morgan fingerprint density at radius 2 is 1.83 bits per heavy atom. The molecule has 0 spiro atoms. The molecule has 0 radical (unpaired) electrons.